The maximum absolute atomic E-state index is 12.0. The van der Waals surface area contributed by atoms with Crippen molar-refractivity contribution in [3.8, 4) is 0 Å². The number of nitrogens with one attached hydrogen (secondary N) is 2. The number of rotatable bonds is 9. The molecule has 1 aromatic rings. The van der Waals surface area contributed by atoms with Gasteiger partial charge >= 0.3 is 0 Å². The van der Waals surface area contributed by atoms with E-state index in [1.165, 1.54) is 0 Å². The molecule has 1 aromatic carbocycles. The van der Waals surface area contributed by atoms with Gasteiger partial charge in [0, 0.05) is 13.0 Å². The van der Waals surface area contributed by atoms with Crippen molar-refractivity contribution in [2.45, 2.75) is 24.2 Å². The van der Waals surface area contributed by atoms with Gasteiger partial charge in [0.1, 0.15) is 0 Å². The van der Waals surface area contributed by atoms with Crippen LogP contribution in [0.3, 0.4) is 0 Å². The molecule has 0 fully saturated rings. The van der Waals surface area contributed by atoms with Crippen molar-refractivity contribution in [3.05, 3.63) is 30.3 Å². The van der Waals surface area contributed by atoms with E-state index in [1.54, 1.807) is 30.3 Å². The van der Waals surface area contributed by atoms with Gasteiger partial charge in [-0.2, -0.15) is 0 Å². The van der Waals surface area contributed by atoms with Gasteiger partial charge in [-0.25, -0.2) is 8.42 Å². The Bertz CT molecular complexity index is 500. The summed E-state index contributed by atoms with van der Waals surface area (Å²) in [4.78, 5) is 11.8. The highest BCUT2D eigenvalue weighted by Crippen LogP contribution is 2.10. The van der Waals surface area contributed by atoms with E-state index in [2.05, 4.69) is 10.6 Å². The number of benzene rings is 1. The van der Waals surface area contributed by atoms with Crippen LogP contribution in [0.5, 0.6) is 0 Å². The molecule has 6 heteroatoms. The topological polar surface area (TPSA) is 75.3 Å². The summed E-state index contributed by atoms with van der Waals surface area (Å²) in [6, 6.07) is 8.37. The quantitative estimate of drug-likeness (QED) is 0.666. The summed E-state index contributed by atoms with van der Waals surface area (Å²) in [6.07, 6.45) is 1.67. The predicted molar refractivity (Wildman–Crippen MR) is 79.3 cm³/mol. The van der Waals surface area contributed by atoms with E-state index in [4.69, 9.17) is 0 Å². The van der Waals surface area contributed by atoms with Crippen LogP contribution < -0.4 is 10.6 Å². The summed E-state index contributed by atoms with van der Waals surface area (Å²) in [5.41, 5.74) is 0. The fourth-order valence-corrected chi connectivity index (χ4v) is 3.08. The minimum Gasteiger partial charge on any atom is -0.356 e. The van der Waals surface area contributed by atoms with Gasteiger partial charge in [-0.1, -0.05) is 18.2 Å². The van der Waals surface area contributed by atoms with Gasteiger partial charge in [0.15, 0.2) is 9.84 Å². The summed E-state index contributed by atoms with van der Waals surface area (Å²) in [5, 5.41) is 5.70. The number of sulfone groups is 1. The van der Waals surface area contributed by atoms with E-state index in [9.17, 15) is 13.2 Å². The maximum Gasteiger partial charge on any atom is 0.220 e. The highest BCUT2D eigenvalue weighted by atomic mass is 32.2. The van der Waals surface area contributed by atoms with Crippen LogP contribution in [-0.2, 0) is 14.6 Å². The van der Waals surface area contributed by atoms with Gasteiger partial charge in [-0.05, 0) is 38.6 Å². The first kappa shape index (κ1) is 16.7. The van der Waals surface area contributed by atoms with Crippen LogP contribution in [0.1, 0.15) is 19.3 Å². The average molecular weight is 298 g/mol. The molecule has 0 atom stereocenters. The maximum atomic E-state index is 12.0. The van der Waals surface area contributed by atoms with Crippen molar-refractivity contribution in [1.82, 2.24) is 10.6 Å². The Balaban J connectivity index is 2.26. The second kappa shape index (κ2) is 8.71. The van der Waals surface area contributed by atoms with Crippen LogP contribution >= 0.6 is 0 Å². The second-order valence-electron chi connectivity index (χ2n) is 4.54. The fraction of sp³-hybridized carbons (Fsp3) is 0.500. The lowest BCUT2D eigenvalue weighted by molar-refractivity contribution is -0.121. The van der Waals surface area contributed by atoms with Gasteiger partial charge in [-0.15, -0.1) is 0 Å². The molecule has 0 unspecified atom stereocenters. The molecule has 0 spiro atoms. The van der Waals surface area contributed by atoms with E-state index in [-0.39, 0.29) is 11.7 Å². The molecule has 5 nitrogen and oxygen atoms in total. The Kier molecular flexibility index (Phi) is 7.25. The third-order valence-corrected chi connectivity index (χ3v) is 4.66. The molecule has 0 saturated carbocycles. The molecular formula is C14H22N2O3S. The van der Waals surface area contributed by atoms with Crippen LogP contribution in [0.2, 0.25) is 0 Å². The van der Waals surface area contributed by atoms with Crippen LogP contribution in [0.15, 0.2) is 35.2 Å². The third kappa shape index (κ3) is 6.16. The summed E-state index contributed by atoms with van der Waals surface area (Å²) in [7, 11) is -1.40. The molecule has 0 aliphatic rings. The van der Waals surface area contributed by atoms with Crippen molar-refractivity contribution in [2.75, 3.05) is 25.9 Å². The molecule has 0 aromatic heterocycles. The molecule has 1 rings (SSSR count). The number of carbonyl (C=O) groups is 1. The highest BCUT2D eigenvalue weighted by Gasteiger charge is 2.13. The van der Waals surface area contributed by atoms with E-state index < -0.39 is 9.84 Å². The first-order valence-electron chi connectivity index (χ1n) is 6.75. The largest absolute Gasteiger partial charge is 0.356 e. The van der Waals surface area contributed by atoms with Crippen molar-refractivity contribution in [2.24, 2.45) is 0 Å². The number of carbonyl (C=O) groups excluding carboxylic acids is 1. The Morgan fingerprint density at radius 2 is 1.80 bits per heavy atom. The van der Waals surface area contributed by atoms with Gasteiger partial charge in [0.25, 0.3) is 0 Å². The zero-order valence-corrected chi connectivity index (χ0v) is 12.6. The lowest BCUT2D eigenvalue weighted by Crippen LogP contribution is -2.26. The van der Waals surface area contributed by atoms with Crippen molar-refractivity contribution >= 4 is 15.7 Å². The summed E-state index contributed by atoms with van der Waals surface area (Å²) in [5.74, 6) is 0.0192. The Labute approximate surface area is 120 Å². The van der Waals surface area contributed by atoms with Crippen molar-refractivity contribution in [3.63, 3.8) is 0 Å². The zero-order chi connectivity index (χ0) is 14.8. The summed E-state index contributed by atoms with van der Waals surface area (Å²) >= 11 is 0. The highest BCUT2D eigenvalue weighted by molar-refractivity contribution is 7.91. The average Bonchev–Trinajstić information content (AvgIpc) is 2.45. The molecule has 20 heavy (non-hydrogen) atoms. The smallest absolute Gasteiger partial charge is 0.220 e. The van der Waals surface area contributed by atoms with E-state index in [0.717, 1.165) is 13.0 Å². The van der Waals surface area contributed by atoms with E-state index in [1.807, 2.05) is 7.05 Å². The normalized spacial score (nSPS) is 11.2. The monoisotopic (exact) mass is 298 g/mol. The Morgan fingerprint density at radius 3 is 2.45 bits per heavy atom. The molecule has 0 radical (unpaired) electrons. The Hall–Kier alpha value is -1.40. The van der Waals surface area contributed by atoms with Crippen LogP contribution in [0, 0.1) is 0 Å². The lowest BCUT2D eigenvalue weighted by Gasteiger charge is -2.06. The SMILES string of the molecule is CNCCCC(=O)NCCCS(=O)(=O)c1ccccc1. The van der Waals surface area contributed by atoms with Gasteiger partial charge in [0.05, 0.1) is 10.6 Å². The minimum absolute atomic E-state index is 0.0302. The van der Waals surface area contributed by atoms with Crippen molar-refractivity contribution in [1.29, 1.82) is 0 Å². The molecule has 0 saturated heterocycles. The first-order chi connectivity index (χ1) is 9.56. The Morgan fingerprint density at radius 1 is 1.10 bits per heavy atom. The minimum atomic E-state index is -3.24. The van der Waals surface area contributed by atoms with Crippen LogP contribution in [0.25, 0.3) is 0 Å². The molecule has 112 valence electrons. The van der Waals surface area contributed by atoms with Crippen LogP contribution in [0.4, 0.5) is 0 Å². The van der Waals surface area contributed by atoms with E-state index >= 15 is 0 Å². The fourth-order valence-electron chi connectivity index (χ4n) is 1.75. The van der Waals surface area contributed by atoms with Gasteiger partial charge in [-0.3, -0.25) is 4.79 Å². The first-order valence-corrected chi connectivity index (χ1v) is 8.40. The number of amides is 1. The predicted octanol–water partition coefficient (Wildman–Crippen LogP) is 0.966. The molecular weight excluding hydrogens is 276 g/mol. The standard InChI is InChI=1S/C14H22N2O3S/c1-15-10-5-9-14(17)16-11-6-12-20(18,19)13-7-3-2-4-8-13/h2-4,7-8,15H,5-6,9-12H2,1H3,(H,16,17). The van der Waals surface area contributed by atoms with Crippen LogP contribution in [-0.4, -0.2) is 40.2 Å². The molecule has 0 bridgehead atoms. The van der Waals surface area contributed by atoms with Crippen molar-refractivity contribution < 1.29 is 13.2 Å². The lowest BCUT2D eigenvalue weighted by atomic mass is 10.3. The molecule has 0 aliphatic carbocycles. The summed E-state index contributed by atoms with van der Waals surface area (Å²) in [6.45, 7) is 1.19. The van der Waals surface area contributed by atoms with Gasteiger partial charge < -0.3 is 10.6 Å². The third-order valence-electron chi connectivity index (χ3n) is 2.84. The van der Waals surface area contributed by atoms with Gasteiger partial charge in [0.2, 0.25) is 5.91 Å². The zero-order valence-electron chi connectivity index (χ0n) is 11.8. The molecule has 2 N–H and O–H groups in total. The number of hydrogen-bond acceptors (Lipinski definition) is 4. The second-order valence-corrected chi connectivity index (χ2v) is 6.65. The van der Waals surface area contributed by atoms with E-state index in [0.29, 0.717) is 24.3 Å². The molecule has 0 aliphatic heterocycles. The molecule has 1 amide bonds. The molecule has 0 heterocycles. The summed E-state index contributed by atoms with van der Waals surface area (Å²) < 4.78 is 23.9. The number of hydrogen-bond donors (Lipinski definition) is 2.